The molecule has 0 aliphatic heterocycles. The Morgan fingerprint density at radius 1 is 1.26 bits per heavy atom. The zero-order valence-corrected chi connectivity index (χ0v) is 12.0. The van der Waals surface area contributed by atoms with Gasteiger partial charge in [-0.1, -0.05) is 25.1 Å². The molecule has 0 spiro atoms. The second-order valence-corrected chi connectivity index (χ2v) is 4.77. The number of hydrogen-bond acceptors (Lipinski definition) is 2. The Hall–Kier alpha value is -1.90. The van der Waals surface area contributed by atoms with E-state index in [2.05, 4.69) is 12.0 Å². The molecule has 0 saturated carbocycles. The smallest absolute Gasteiger partial charge is 0.211 e. The van der Waals surface area contributed by atoms with Crippen molar-refractivity contribution in [2.24, 2.45) is 0 Å². The largest absolute Gasteiger partial charge is 0.287 e. The highest BCUT2D eigenvalue weighted by Crippen LogP contribution is 2.18. The van der Waals surface area contributed by atoms with Crippen molar-refractivity contribution in [3.05, 3.63) is 52.3 Å². The van der Waals surface area contributed by atoms with Crippen molar-refractivity contribution >= 4 is 5.78 Å². The zero-order chi connectivity index (χ0) is 14.0. The molecule has 1 aromatic carbocycles. The van der Waals surface area contributed by atoms with Gasteiger partial charge in [0.05, 0.1) is 5.69 Å². The molecule has 0 N–H and O–H groups in total. The van der Waals surface area contributed by atoms with Crippen LogP contribution in [-0.2, 0) is 13.0 Å². The van der Waals surface area contributed by atoms with Gasteiger partial charge in [-0.05, 0) is 44.4 Å². The van der Waals surface area contributed by atoms with Gasteiger partial charge >= 0.3 is 0 Å². The minimum atomic E-state index is 0.0650. The summed E-state index contributed by atoms with van der Waals surface area (Å²) in [6.07, 6.45) is 0.847. The van der Waals surface area contributed by atoms with E-state index in [1.54, 1.807) is 4.68 Å². The Morgan fingerprint density at radius 2 is 2.00 bits per heavy atom. The normalized spacial score (nSPS) is 10.7. The number of benzene rings is 1. The second-order valence-electron chi connectivity index (χ2n) is 4.77. The lowest BCUT2D eigenvalue weighted by atomic mass is 9.98. The molecule has 1 heterocycles. The molecular formula is C16H20N2O. The third-order valence-corrected chi connectivity index (χ3v) is 3.57. The van der Waals surface area contributed by atoms with Crippen molar-refractivity contribution < 1.29 is 4.79 Å². The SMILES string of the molecule is CCc1cc(C(=O)c2cccc(C)c2C)n(CC)n1. The molecular weight excluding hydrogens is 236 g/mol. The molecule has 0 bridgehead atoms. The first-order chi connectivity index (χ1) is 9.08. The van der Waals surface area contributed by atoms with Crippen LogP contribution < -0.4 is 0 Å². The van der Waals surface area contributed by atoms with E-state index in [-0.39, 0.29) is 5.78 Å². The molecule has 3 nitrogen and oxygen atoms in total. The summed E-state index contributed by atoms with van der Waals surface area (Å²) in [6, 6.07) is 7.76. The van der Waals surface area contributed by atoms with Crippen LogP contribution >= 0.6 is 0 Å². The summed E-state index contributed by atoms with van der Waals surface area (Å²) in [4.78, 5) is 12.7. The fourth-order valence-electron chi connectivity index (χ4n) is 2.20. The van der Waals surface area contributed by atoms with E-state index in [1.165, 1.54) is 0 Å². The highest BCUT2D eigenvalue weighted by atomic mass is 16.1. The fourth-order valence-corrected chi connectivity index (χ4v) is 2.20. The molecule has 0 aliphatic carbocycles. The molecule has 2 rings (SSSR count). The third-order valence-electron chi connectivity index (χ3n) is 3.57. The van der Waals surface area contributed by atoms with Crippen molar-refractivity contribution in [2.75, 3.05) is 0 Å². The molecule has 0 unspecified atom stereocenters. The van der Waals surface area contributed by atoms with Gasteiger partial charge in [0.1, 0.15) is 5.69 Å². The van der Waals surface area contributed by atoms with Crippen LogP contribution in [0.5, 0.6) is 0 Å². The number of aromatic nitrogens is 2. The van der Waals surface area contributed by atoms with Crippen LogP contribution in [0.4, 0.5) is 0 Å². The van der Waals surface area contributed by atoms with Crippen molar-refractivity contribution in [3.8, 4) is 0 Å². The van der Waals surface area contributed by atoms with Gasteiger partial charge in [-0.15, -0.1) is 0 Å². The number of ketones is 1. The quantitative estimate of drug-likeness (QED) is 0.787. The average Bonchev–Trinajstić information content (AvgIpc) is 2.84. The molecule has 0 atom stereocenters. The lowest BCUT2D eigenvalue weighted by molar-refractivity contribution is 0.102. The van der Waals surface area contributed by atoms with Gasteiger partial charge in [-0.3, -0.25) is 9.48 Å². The van der Waals surface area contributed by atoms with Crippen molar-refractivity contribution in [2.45, 2.75) is 40.7 Å². The standard InChI is InChI=1S/C16H20N2O/c1-5-13-10-15(18(6-2)17-13)16(19)14-9-7-8-11(3)12(14)4/h7-10H,5-6H2,1-4H3. The molecule has 0 amide bonds. The van der Waals surface area contributed by atoms with E-state index in [0.29, 0.717) is 12.2 Å². The van der Waals surface area contributed by atoms with E-state index in [9.17, 15) is 4.79 Å². The Kier molecular flexibility index (Phi) is 3.84. The number of carbonyl (C=O) groups is 1. The summed E-state index contributed by atoms with van der Waals surface area (Å²) >= 11 is 0. The van der Waals surface area contributed by atoms with Gasteiger partial charge < -0.3 is 0 Å². The fraction of sp³-hybridized carbons (Fsp3) is 0.375. The average molecular weight is 256 g/mol. The maximum Gasteiger partial charge on any atom is 0.211 e. The van der Waals surface area contributed by atoms with E-state index >= 15 is 0 Å². The molecule has 0 saturated heterocycles. The lowest BCUT2D eigenvalue weighted by Crippen LogP contribution is -2.12. The topological polar surface area (TPSA) is 34.9 Å². The van der Waals surface area contributed by atoms with E-state index in [0.717, 1.165) is 28.8 Å². The van der Waals surface area contributed by atoms with Gasteiger partial charge in [0.2, 0.25) is 5.78 Å². The Morgan fingerprint density at radius 3 is 2.63 bits per heavy atom. The predicted molar refractivity (Wildman–Crippen MR) is 76.6 cm³/mol. The summed E-state index contributed by atoms with van der Waals surface area (Å²) in [7, 11) is 0. The molecule has 100 valence electrons. The van der Waals surface area contributed by atoms with E-state index in [4.69, 9.17) is 0 Å². The predicted octanol–water partition coefficient (Wildman–Crippen LogP) is 3.31. The minimum absolute atomic E-state index is 0.0650. The maximum absolute atomic E-state index is 12.7. The second kappa shape index (κ2) is 5.39. The van der Waals surface area contributed by atoms with Gasteiger partial charge in [0.25, 0.3) is 0 Å². The summed E-state index contributed by atoms with van der Waals surface area (Å²) in [6.45, 7) is 8.80. The Labute approximate surface area is 114 Å². The summed E-state index contributed by atoms with van der Waals surface area (Å²) in [5.74, 6) is 0.0650. The maximum atomic E-state index is 12.7. The van der Waals surface area contributed by atoms with Gasteiger partial charge in [-0.25, -0.2) is 0 Å². The number of hydrogen-bond donors (Lipinski definition) is 0. The van der Waals surface area contributed by atoms with Crippen LogP contribution in [0.3, 0.4) is 0 Å². The summed E-state index contributed by atoms with van der Waals surface area (Å²) in [5, 5.41) is 4.44. The number of carbonyl (C=O) groups excluding carboxylic acids is 1. The van der Waals surface area contributed by atoms with E-state index < -0.39 is 0 Å². The van der Waals surface area contributed by atoms with Crippen molar-refractivity contribution in [3.63, 3.8) is 0 Å². The van der Waals surface area contributed by atoms with E-state index in [1.807, 2.05) is 45.0 Å². The Balaban J connectivity index is 2.49. The summed E-state index contributed by atoms with van der Waals surface area (Å²) in [5.41, 5.74) is 4.62. The van der Waals surface area contributed by atoms with Crippen LogP contribution in [0, 0.1) is 13.8 Å². The van der Waals surface area contributed by atoms with Gasteiger partial charge in [0.15, 0.2) is 0 Å². The molecule has 0 aliphatic rings. The van der Waals surface area contributed by atoms with Gasteiger partial charge in [-0.2, -0.15) is 5.10 Å². The van der Waals surface area contributed by atoms with Crippen LogP contribution in [0.25, 0.3) is 0 Å². The van der Waals surface area contributed by atoms with Crippen molar-refractivity contribution in [1.29, 1.82) is 0 Å². The highest BCUT2D eigenvalue weighted by molar-refractivity contribution is 6.09. The summed E-state index contributed by atoms with van der Waals surface area (Å²) < 4.78 is 1.79. The number of rotatable bonds is 4. The van der Waals surface area contributed by atoms with Crippen LogP contribution in [0.1, 0.15) is 46.7 Å². The highest BCUT2D eigenvalue weighted by Gasteiger charge is 2.18. The molecule has 19 heavy (non-hydrogen) atoms. The van der Waals surface area contributed by atoms with Gasteiger partial charge in [0, 0.05) is 12.1 Å². The Bertz CT molecular complexity index is 611. The molecule has 0 fully saturated rings. The first kappa shape index (κ1) is 13.5. The van der Waals surface area contributed by atoms with Crippen LogP contribution in [-0.4, -0.2) is 15.6 Å². The minimum Gasteiger partial charge on any atom is -0.287 e. The molecule has 3 heteroatoms. The van der Waals surface area contributed by atoms with Crippen LogP contribution in [0.15, 0.2) is 24.3 Å². The number of aryl methyl sites for hydroxylation is 3. The number of nitrogens with zero attached hydrogens (tertiary/aromatic N) is 2. The molecule has 0 radical (unpaired) electrons. The first-order valence-electron chi connectivity index (χ1n) is 6.76. The molecule has 1 aromatic heterocycles. The monoisotopic (exact) mass is 256 g/mol. The zero-order valence-electron chi connectivity index (χ0n) is 12.0. The first-order valence-corrected chi connectivity index (χ1v) is 6.76. The van der Waals surface area contributed by atoms with Crippen LogP contribution in [0.2, 0.25) is 0 Å². The van der Waals surface area contributed by atoms with Crippen molar-refractivity contribution in [1.82, 2.24) is 9.78 Å². The third kappa shape index (κ3) is 2.46. The molecule has 2 aromatic rings. The lowest BCUT2D eigenvalue weighted by Gasteiger charge is -2.08.